The number of aryl methyl sites for hydroxylation is 1. The summed E-state index contributed by atoms with van der Waals surface area (Å²) in [6.45, 7) is 5.30. The highest BCUT2D eigenvalue weighted by Crippen LogP contribution is 2.43. The van der Waals surface area contributed by atoms with Crippen molar-refractivity contribution in [2.24, 2.45) is 5.92 Å². The van der Waals surface area contributed by atoms with Crippen LogP contribution < -0.4 is 9.64 Å². The maximum atomic E-state index is 14.3. The number of carboxylic acid groups (broad SMARTS) is 1. The van der Waals surface area contributed by atoms with Crippen molar-refractivity contribution in [2.75, 3.05) is 25.1 Å². The third-order valence-corrected chi connectivity index (χ3v) is 9.79. The molecule has 3 fully saturated rings. The topological polar surface area (TPSA) is 92.2 Å². The van der Waals surface area contributed by atoms with E-state index < -0.39 is 41.8 Å². The molecule has 2 atom stereocenters. The summed E-state index contributed by atoms with van der Waals surface area (Å²) in [6.07, 6.45) is -2.91. The lowest BCUT2D eigenvalue weighted by Gasteiger charge is -2.33. The Labute approximate surface area is 270 Å². The van der Waals surface area contributed by atoms with Gasteiger partial charge in [-0.2, -0.15) is 13.2 Å². The van der Waals surface area contributed by atoms with Gasteiger partial charge in [0.05, 0.1) is 36.9 Å². The standard InChI is InChI=1S/C35H37F4N3O5/c1-19-13-30(41-11-4-12-41)40-28(18-42-20(2)32(47-34(42)45)24-14-25(35(37,38)39)17-26(36)15-24)31(19)27-16-23(9-10-29(27)46-3)21-5-7-22(8-6-21)33(43)44/h9-10,13-17,20-22,32H,4-8,11-12,18H2,1-3H3,(H,43,44)/t20-,21-,22-,32-/m0/s1. The molecule has 2 aliphatic heterocycles. The van der Waals surface area contributed by atoms with E-state index in [0.717, 1.165) is 72.6 Å². The maximum absolute atomic E-state index is 14.3. The first-order valence-electron chi connectivity index (χ1n) is 15.9. The van der Waals surface area contributed by atoms with Gasteiger partial charge in [0.1, 0.15) is 23.5 Å². The predicted molar refractivity (Wildman–Crippen MR) is 166 cm³/mol. The van der Waals surface area contributed by atoms with E-state index in [-0.39, 0.29) is 23.9 Å². The zero-order chi connectivity index (χ0) is 33.6. The number of hydrogen-bond acceptors (Lipinski definition) is 6. The number of carboxylic acids is 1. The summed E-state index contributed by atoms with van der Waals surface area (Å²) in [5, 5.41) is 9.47. The summed E-state index contributed by atoms with van der Waals surface area (Å²) < 4.78 is 66.1. The summed E-state index contributed by atoms with van der Waals surface area (Å²) in [7, 11) is 1.58. The quantitative estimate of drug-likeness (QED) is 0.247. The van der Waals surface area contributed by atoms with Crippen molar-refractivity contribution < 1.29 is 41.7 Å². The largest absolute Gasteiger partial charge is 0.496 e. The van der Waals surface area contributed by atoms with Gasteiger partial charge in [-0.05, 0) is 105 Å². The van der Waals surface area contributed by atoms with E-state index in [4.69, 9.17) is 14.5 Å². The Morgan fingerprint density at radius 2 is 1.79 bits per heavy atom. The van der Waals surface area contributed by atoms with Gasteiger partial charge in [0, 0.05) is 24.2 Å². The molecule has 8 nitrogen and oxygen atoms in total. The third kappa shape index (κ3) is 6.46. The molecule has 1 aliphatic carbocycles. The molecule has 12 heteroatoms. The van der Waals surface area contributed by atoms with Crippen LogP contribution in [0.15, 0.2) is 42.5 Å². The Hall–Kier alpha value is -4.35. The molecular weight excluding hydrogens is 618 g/mol. The number of rotatable bonds is 8. The fourth-order valence-corrected chi connectivity index (χ4v) is 7.02. The Balaban J connectivity index is 1.37. The van der Waals surface area contributed by atoms with Crippen LogP contribution in [0.3, 0.4) is 0 Å². The molecule has 3 aromatic rings. The molecule has 0 unspecified atom stereocenters. The van der Waals surface area contributed by atoms with Gasteiger partial charge in [-0.3, -0.25) is 9.69 Å². The van der Waals surface area contributed by atoms with Gasteiger partial charge in [-0.25, -0.2) is 14.2 Å². The second-order valence-electron chi connectivity index (χ2n) is 12.8. The molecule has 6 rings (SSSR count). The van der Waals surface area contributed by atoms with E-state index in [1.807, 2.05) is 25.1 Å². The number of nitrogens with zero attached hydrogens (tertiary/aromatic N) is 3. The molecule has 1 N–H and O–H groups in total. The van der Waals surface area contributed by atoms with Crippen molar-refractivity contribution in [2.45, 2.75) is 76.7 Å². The normalized spacial score (nSPS) is 23.0. The van der Waals surface area contributed by atoms with Crippen molar-refractivity contribution >= 4 is 17.9 Å². The number of methoxy groups -OCH3 is 1. The molecule has 47 heavy (non-hydrogen) atoms. The van der Waals surface area contributed by atoms with Crippen LogP contribution in [0.2, 0.25) is 0 Å². The van der Waals surface area contributed by atoms with Crippen LogP contribution in [-0.4, -0.2) is 53.3 Å². The zero-order valence-electron chi connectivity index (χ0n) is 26.4. The summed E-state index contributed by atoms with van der Waals surface area (Å²) >= 11 is 0. The van der Waals surface area contributed by atoms with Gasteiger partial charge in [0.25, 0.3) is 0 Å². The number of cyclic esters (lactones) is 1. The highest BCUT2D eigenvalue weighted by atomic mass is 19.4. The van der Waals surface area contributed by atoms with Gasteiger partial charge in [0.15, 0.2) is 0 Å². The van der Waals surface area contributed by atoms with Crippen molar-refractivity contribution in [3.8, 4) is 16.9 Å². The van der Waals surface area contributed by atoms with E-state index in [1.54, 1.807) is 14.0 Å². The minimum absolute atomic E-state index is 0.00704. The first-order chi connectivity index (χ1) is 22.3. The fraction of sp³-hybridized carbons (Fsp3) is 0.457. The molecule has 2 aromatic carbocycles. The average molecular weight is 656 g/mol. The third-order valence-electron chi connectivity index (χ3n) is 9.79. The molecule has 3 aliphatic rings. The lowest BCUT2D eigenvalue weighted by Crippen LogP contribution is -2.38. The number of carbonyl (C=O) groups excluding carboxylic acids is 1. The van der Waals surface area contributed by atoms with Crippen LogP contribution in [0.5, 0.6) is 5.75 Å². The van der Waals surface area contributed by atoms with Crippen LogP contribution in [-0.2, 0) is 22.3 Å². The van der Waals surface area contributed by atoms with Crippen molar-refractivity contribution in [3.63, 3.8) is 0 Å². The number of ether oxygens (including phenoxy) is 2. The molecule has 1 amide bonds. The Bertz CT molecular complexity index is 1680. The van der Waals surface area contributed by atoms with Crippen molar-refractivity contribution in [1.82, 2.24) is 9.88 Å². The molecule has 1 saturated carbocycles. The second kappa shape index (κ2) is 12.7. The lowest BCUT2D eigenvalue weighted by molar-refractivity contribution is -0.143. The molecular formula is C35H37F4N3O5. The highest BCUT2D eigenvalue weighted by molar-refractivity contribution is 5.78. The van der Waals surface area contributed by atoms with E-state index >= 15 is 0 Å². The number of hydrogen-bond donors (Lipinski definition) is 1. The Morgan fingerprint density at radius 3 is 2.40 bits per heavy atom. The van der Waals surface area contributed by atoms with Gasteiger partial charge < -0.3 is 19.5 Å². The van der Waals surface area contributed by atoms with Crippen LogP contribution >= 0.6 is 0 Å². The van der Waals surface area contributed by atoms with Gasteiger partial charge in [-0.15, -0.1) is 0 Å². The summed E-state index contributed by atoms with van der Waals surface area (Å²) in [6, 6.07) is 9.43. The molecule has 0 bridgehead atoms. The van der Waals surface area contributed by atoms with Gasteiger partial charge in [-0.1, -0.05) is 6.07 Å². The van der Waals surface area contributed by atoms with Crippen molar-refractivity contribution in [1.29, 1.82) is 0 Å². The van der Waals surface area contributed by atoms with Crippen molar-refractivity contribution in [3.05, 3.63) is 76.2 Å². The number of benzene rings is 2. The van der Waals surface area contributed by atoms with E-state index in [0.29, 0.717) is 30.4 Å². The number of anilines is 1. The summed E-state index contributed by atoms with van der Waals surface area (Å²) in [4.78, 5) is 33.4. The summed E-state index contributed by atoms with van der Waals surface area (Å²) in [5.74, 6) is -0.634. The second-order valence-corrected chi connectivity index (χ2v) is 12.8. The van der Waals surface area contributed by atoms with E-state index in [9.17, 15) is 32.3 Å². The monoisotopic (exact) mass is 655 g/mol. The Kier molecular flexibility index (Phi) is 8.80. The predicted octanol–water partition coefficient (Wildman–Crippen LogP) is 7.87. The number of carbonyl (C=O) groups is 2. The molecule has 1 aromatic heterocycles. The van der Waals surface area contributed by atoms with Gasteiger partial charge in [0.2, 0.25) is 0 Å². The number of aromatic nitrogens is 1. The number of halogens is 4. The molecule has 250 valence electrons. The minimum Gasteiger partial charge on any atom is -0.496 e. The summed E-state index contributed by atoms with van der Waals surface area (Å²) in [5.41, 5.74) is 2.83. The van der Waals surface area contributed by atoms with E-state index in [1.165, 1.54) is 4.90 Å². The van der Waals surface area contributed by atoms with Crippen LogP contribution in [0.1, 0.15) is 79.0 Å². The number of alkyl halides is 3. The maximum Gasteiger partial charge on any atom is 0.416 e. The molecule has 2 saturated heterocycles. The highest BCUT2D eigenvalue weighted by Gasteiger charge is 2.42. The first-order valence-corrected chi connectivity index (χ1v) is 15.9. The van der Waals surface area contributed by atoms with Crippen LogP contribution in [0, 0.1) is 18.7 Å². The Morgan fingerprint density at radius 1 is 1.06 bits per heavy atom. The zero-order valence-corrected chi connectivity index (χ0v) is 26.4. The average Bonchev–Trinajstić information content (AvgIpc) is 3.27. The van der Waals surface area contributed by atoms with Gasteiger partial charge >= 0.3 is 18.2 Å². The lowest BCUT2D eigenvalue weighted by atomic mass is 9.78. The minimum atomic E-state index is -4.76. The molecule has 0 radical (unpaired) electrons. The smallest absolute Gasteiger partial charge is 0.416 e. The first kappa shape index (κ1) is 32.6. The molecule has 3 heterocycles. The number of pyridine rings is 1. The van der Waals surface area contributed by atoms with Crippen LogP contribution in [0.4, 0.5) is 28.2 Å². The SMILES string of the molecule is COc1ccc([C@H]2CC[C@H](C(=O)O)CC2)cc1-c1c(C)cc(N2CCC2)nc1CN1C(=O)O[C@H](c2cc(F)cc(C(F)(F)F)c2)[C@@H]1C. The fourth-order valence-electron chi connectivity index (χ4n) is 7.02. The molecule has 0 spiro atoms. The number of amides is 1. The van der Waals surface area contributed by atoms with E-state index in [2.05, 4.69) is 11.0 Å². The van der Waals surface area contributed by atoms with Crippen LogP contribution in [0.25, 0.3) is 11.1 Å². The number of aliphatic carboxylic acids is 1.